The van der Waals surface area contributed by atoms with Crippen molar-refractivity contribution in [1.29, 1.82) is 0 Å². The van der Waals surface area contributed by atoms with E-state index in [1.54, 1.807) is 23.0 Å². The molecule has 3 heterocycles. The van der Waals surface area contributed by atoms with Crippen molar-refractivity contribution in [1.82, 2.24) is 24.6 Å². The largest absolute Gasteiger partial charge is 0.363 e. The van der Waals surface area contributed by atoms with Crippen LogP contribution in [-0.4, -0.2) is 71.5 Å². The molecule has 8 heteroatoms. The molecule has 8 nitrogen and oxygen atoms in total. The van der Waals surface area contributed by atoms with Crippen LogP contribution in [0.15, 0.2) is 29.2 Å². The van der Waals surface area contributed by atoms with Crippen molar-refractivity contribution < 1.29 is 0 Å². The first-order valence-electron chi connectivity index (χ1n) is 8.55. The van der Waals surface area contributed by atoms with Crippen LogP contribution in [0.3, 0.4) is 0 Å². The number of aryl methyl sites for hydroxylation is 1. The third-order valence-electron chi connectivity index (χ3n) is 4.37. The van der Waals surface area contributed by atoms with Gasteiger partial charge in [0.05, 0.1) is 12.2 Å². The molecule has 0 bridgehead atoms. The third-order valence-corrected chi connectivity index (χ3v) is 4.37. The normalized spacial score (nSPS) is 15.4. The lowest BCUT2D eigenvalue weighted by atomic mass is 10.3. The Hall–Kier alpha value is -2.48. The summed E-state index contributed by atoms with van der Waals surface area (Å²) in [4.78, 5) is 27.4. The molecule has 0 aromatic carbocycles. The molecule has 2 aromatic heterocycles. The first-order valence-corrected chi connectivity index (χ1v) is 8.55. The van der Waals surface area contributed by atoms with Gasteiger partial charge < -0.3 is 9.80 Å². The van der Waals surface area contributed by atoms with Crippen molar-refractivity contribution >= 4 is 11.8 Å². The zero-order chi connectivity index (χ0) is 17.8. The minimum absolute atomic E-state index is 0.0434. The molecular weight excluding hydrogens is 318 g/mol. The van der Waals surface area contributed by atoms with Gasteiger partial charge in [0.25, 0.3) is 5.56 Å². The number of piperazine rings is 1. The molecule has 3 rings (SSSR count). The molecule has 1 aliphatic heterocycles. The SMILES string of the molecule is Cc1ccc(=O)n(CCN2CCN(c3nccc(N(C)C)n3)CC2)n1. The van der Waals surface area contributed by atoms with Gasteiger partial charge in [0.15, 0.2) is 0 Å². The summed E-state index contributed by atoms with van der Waals surface area (Å²) in [6, 6.07) is 5.24. The van der Waals surface area contributed by atoms with E-state index < -0.39 is 0 Å². The van der Waals surface area contributed by atoms with Crippen LogP contribution in [0.25, 0.3) is 0 Å². The van der Waals surface area contributed by atoms with Gasteiger partial charge in [-0.2, -0.15) is 10.1 Å². The minimum Gasteiger partial charge on any atom is -0.363 e. The van der Waals surface area contributed by atoms with Crippen LogP contribution in [0.2, 0.25) is 0 Å². The number of anilines is 2. The first-order chi connectivity index (χ1) is 12.0. The highest BCUT2D eigenvalue weighted by Gasteiger charge is 2.19. The van der Waals surface area contributed by atoms with Crippen LogP contribution in [-0.2, 0) is 6.54 Å². The van der Waals surface area contributed by atoms with E-state index in [0.29, 0.717) is 6.54 Å². The smallest absolute Gasteiger partial charge is 0.266 e. The highest BCUT2D eigenvalue weighted by Crippen LogP contribution is 2.14. The highest BCUT2D eigenvalue weighted by molar-refractivity contribution is 5.42. The Balaban J connectivity index is 1.54. The van der Waals surface area contributed by atoms with Gasteiger partial charge >= 0.3 is 0 Å². The van der Waals surface area contributed by atoms with Gasteiger partial charge in [-0.1, -0.05) is 0 Å². The van der Waals surface area contributed by atoms with Gasteiger partial charge in [0.1, 0.15) is 5.82 Å². The summed E-state index contributed by atoms with van der Waals surface area (Å²) < 4.78 is 1.55. The molecule has 0 saturated carbocycles. The molecule has 1 fully saturated rings. The Morgan fingerprint density at radius 3 is 2.56 bits per heavy atom. The lowest BCUT2D eigenvalue weighted by Gasteiger charge is -2.34. The van der Waals surface area contributed by atoms with E-state index in [4.69, 9.17) is 0 Å². The molecule has 0 N–H and O–H groups in total. The number of hydrogen-bond acceptors (Lipinski definition) is 7. The molecule has 0 aliphatic carbocycles. The zero-order valence-electron chi connectivity index (χ0n) is 15.1. The summed E-state index contributed by atoms with van der Waals surface area (Å²) in [5, 5.41) is 4.29. The predicted molar refractivity (Wildman–Crippen MR) is 98.2 cm³/mol. The predicted octanol–water partition coefficient (Wildman–Crippen LogP) is 0.230. The quantitative estimate of drug-likeness (QED) is 0.770. The van der Waals surface area contributed by atoms with Gasteiger partial charge in [-0.3, -0.25) is 9.69 Å². The summed E-state index contributed by atoms with van der Waals surface area (Å²) >= 11 is 0. The van der Waals surface area contributed by atoms with E-state index in [1.807, 2.05) is 32.0 Å². The van der Waals surface area contributed by atoms with Crippen LogP contribution >= 0.6 is 0 Å². The van der Waals surface area contributed by atoms with Crippen molar-refractivity contribution in [2.75, 3.05) is 56.6 Å². The second-order valence-corrected chi connectivity index (χ2v) is 6.47. The summed E-state index contributed by atoms with van der Waals surface area (Å²) in [6.45, 7) is 6.96. The maximum absolute atomic E-state index is 11.8. The molecule has 134 valence electrons. The zero-order valence-corrected chi connectivity index (χ0v) is 15.1. The topological polar surface area (TPSA) is 70.4 Å². The fourth-order valence-electron chi connectivity index (χ4n) is 2.86. The lowest BCUT2D eigenvalue weighted by Crippen LogP contribution is -2.48. The van der Waals surface area contributed by atoms with Crippen LogP contribution in [0.5, 0.6) is 0 Å². The molecule has 0 unspecified atom stereocenters. The fraction of sp³-hybridized carbons (Fsp3) is 0.529. The third kappa shape index (κ3) is 4.33. The van der Waals surface area contributed by atoms with E-state index in [2.05, 4.69) is 24.9 Å². The summed E-state index contributed by atoms with van der Waals surface area (Å²) in [7, 11) is 3.96. The van der Waals surface area contributed by atoms with Crippen LogP contribution < -0.4 is 15.4 Å². The molecule has 1 saturated heterocycles. The van der Waals surface area contributed by atoms with E-state index in [1.165, 1.54) is 0 Å². The molecule has 25 heavy (non-hydrogen) atoms. The molecule has 0 atom stereocenters. The summed E-state index contributed by atoms with van der Waals surface area (Å²) in [6.07, 6.45) is 1.81. The van der Waals surface area contributed by atoms with Crippen LogP contribution in [0, 0.1) is 6.92 Å². The average molecular weight is 343 g/mol. The Morgan fingerprint density at radius 2 is 1.84 bits per heavy atom. The van der Waals surface area contributed by atoms with Gasteiger partial charge in [-0.25, -0.2) is 9.67 Å². The Bertz CT molecular complexity index is 766. The highest BCUT2D eigenvalue weighted by atomic mass is 16.1. The second-order valence-electron chi connectivity index (χ2n) is 6.47. The van der Waals surface area contributed by atoms with Crippen molar-refractivity contribution in [2.45, 2.75) is 13.5 Å². The molecule has 0 radical (unpaired) electrons. The Morgan fingerprint density at radius 1 is 1.08 bits per heavy atom. The van der Waals surface area contributed by atoms with E-state index in [0.717, 1.165) is 50.2 Å². The number of nitrogens with zero attached hydrogens (tertiary/aromatic N) is 7. The maximum atomic E-state index is 11.8. The Kier molecular flexibility index (Phi) is 5.28. The molecule has 1 aliphatic rings. The van der Waals surface area contributed by atoms with Crippen molar-refractivity contribution in [3.63, 3.8) is 0 Å². The van der Waals surface area contributed by atoms with E-state index in [9.17, 15) is 4.79 Å². The monoisotopic (exact) mass is 343 g/mol. The second kappa shape index (κ2) is 7.60. The first kappa shape index (κ1) is 17.3. The average Bonchev–Trinajstić information content (AvgIpc) is 2.63. The fourth-order valence-corrected chi connectivity index (χ4v) is 2.86. The van der Waals surface area contributed by atoms with Crippen LogP contribution in [0.1, 0.15) is 5.69 Å². The standard InChI is InChI=1S/C17H25N7O/c1-14-4-5-16(25)24(20-14)13-10-22-8-11-23(12-9-22)17-18-7-6-15(19-17)21(2)3/h4-7H,8-13H2,1-3H3. The minimum atomic E-state index is -0.0434. The molecule has 0 amide bonds. The molecule has 2 aromatic rings. The lowest BCUT2D eigenvalue weighted by molar-refractivity contribution is 0.241. The number of hydrogen-bond donors (Lipinski definition) is 0. The van der Waals surface area contributed by atoms with Crippen molar-refractivity contribution in [2.24, 2.45) is 0 Å². The van der Waals surface area contributed by atoms with Gasteiger partial charge in [-0.05, 0) is 19.1 Å². The molecular formula is C17H25N7O. The van der Waals surface area contributed by atoms with Crippen molar-refractivity contribution in [3.8, 4) is 0 Å². The summed E-state index contributed by atoms with van der Waals surface area (Å²) in [5.41, 5.74) is 0.820. The Labute approximate surface area is 147 Å². The number of rotatable bonds is 5. The van der Waals surface area contributed by atoms with Gasteiger partial charge in [-0.15, -0.1) is 0 Å². The van der Waals surface area contributed by atoms with Gasteiger partial charge in [0, 0.05) is 59.1 Å². The number of aromatic nitrogens is 4. The van der Waals surface area contributed by atoms with E-state index in [-0.39, 0.29) is 5.56 Å². The maximum Gasteiger partial charge on any atom is 0.266 e. The van der Waals surface area contributed by atoms with Gasteiger partial charge in [0.2, 0.25) is 5.95 Å². The van der Waals surface area contributed by atoms with E-state index >= 15 is 0 Å². The molecule has 0 spiro atoms. The van der Waals surface area contributed by atoms with Crippen molar-refractivity contribution in [3.05, 3.63) is 40.4 Å². The summed E-state index contributed by atoms with van der Waals surface area (Å²) in [5.74, 6) is 1.69. The van der Waals surface area contributed by atoms with Crippen LogP contribution in [0.4, 0.5) is 11.8 Å².